The first-order chi connectivity index (χ1) is 16.3. The van der Waals surface area contributed by atoms with E-state index < -0.39 is 11.7 Å². The van der Waals surface area contributed by atoms with Gasteiger partial charge < -0.3 is 10.1 Å². The number of carbonyl (C=O) groups is 1. The van der Waals surface area contributed by atoms with E-state index in [1.807, 2.05) is 45.2 Å². The molecule has 3 aromatic rings. The summed E-state index contributed by atoms with van der Waals surface area (Å²) in [5.74, 6) is 2.17. The van der Waals surface area contributed by atoms with Gasteiger partial charge in [-0.1, -0.05) is 66.4 Å². The average Bonchev–Trinajstić information content (AvgIpc) is 3.24. The second kappa shape index (κ2) is 10.7. The molecule has 0 spiro atoms. The van der Waals surface area contributed by atoms with Crippen LogP contribution in [0.5, 0.6) is 0 Å². The Hall–Kier alpha value is -2.78. The van der Waals surface area contributed by atoms with Gasteiger partial charge in [0.25, 0.3) is 0 Å². The molecule has 0 radical (unpaired) electrons. The number of fused-ring (bicyclic) bond motifs is 1. The molecule has 1 aliphatic rings. The number of nitrogens with zero attached hydrogens (tertiary/aromatic N) is 4. The lowest BCUT2D eigenvalue weighted by atomic mass is 10.0. The number of hydrogen-bond donors (Lipinski definition) is 1. The van der Waals surface area contributed by atoms with E-state index in [4.69, 9.17) is 9.84 Å². The highest BCUT2D eigenvalue weighted by Gasteiger charge is 2.28. The van der Waals surface area contributed by atoms with Crippen LogP contribution in [0, 0.1) is 0 Å². The second-order valence-corrected chi connectivity index (χ2v) is 10.8. The summed E-state index contributed by atoms with van der Waals surface area (Å²) in [5, 5.41) is 17.3. The van der Waals surface area contributed by atoms with Gasteiger partial charge in [0, 0.05) is 5.75 Å². The molecule has 1 atom stereocenters. The van der Waals surface area contributed by atoms with Crippen LogP contribution in [0.4, 0.5) is 4.79 Å². The van der Waals surface area contributed by atoms with E-state index in [1.54, 1.807) is 28.2 Å². The van der Waals surface area contributed by atoms with Gasteiger partial charge >= 0.3 is 6.09 Å². The van der Waals surface area contributed by atoms with Crippen LogP contribution in [0.1, 0.15) is 44.6 Å². The average molecular weight is 496 g/mol. The highest BCUT2D eigenvalue weighted by Crippen LogP contribution is 2.29. The van der Waals surface area contributed by atoms with Crippen molar-refractivity contribution < 1.29 is 9.53 Å². The fourth-order valence-corrected chi connectivity index (χ4v) is 4.86. The van der Waals surface area contributed by atoms with Crippen LogP contribution >= 0.6 is 23.5 Å². The fourth-order valence-electron chi connectivity index (χ4n) is 3.54. The van der Waals surface area contributed by atoms with Gasteiger partial charge in [0.15, 0.2) is 5.82 Å². The summed E-state index contributed by atoms with van der Waals surface area (Å²) >= 11 is 3.30. The molecule has 9 heteroatoms. The van der Waals surface area contributed by atoms with E-state index in [-0.39, 0.29) is 6.04 Å². The predicted molar refractivity (Wildman–Crippen MR) is 140 cm³/mol. The Labute approximate surface area is 208 Å². The summed E-state index contributed by atoms with van der Waals surface area (Å²) < 4.78 is 7.23. The van der Waals surface area contributed by atoms with Crippen molar-refractivity contribution in [3.05, 3.63) is 66.0 Å². The van der Waals surface area contributed by atoms with Crippen LogP contribution in [0.2, 0.25) is 0 Å². The summed E-state index contributed by atoms with van der Waals surface area (Å²) in [6.07, 6.45) is 2.26. The predicted octanol–water partition coefficient (Wildman–Crippen LogP) is 5.62. The number of alkyl carbamates (subject to hydrolysis) is 1. The summed E-state index contributed by atoms with van der Waals surface area (Å²) in [4.78, 5) is 12.5. The van der Waals surface area contributed by atoms with E-state index in [1.165, 1.54) is 5.56 Å². The molecule has 178 valence electrons. The van der Waals surface area contributed by atoms with Crippen LogP contribution in [-0.4, -0.2) is 50.0 Å². The van der Waals surface area contributed by atoms with Crippen LogP contribution < -0.4 is 5.32 Å². The smallest absolute Gasteiger partial charge is 0.408 e. The Kier molecular flexibility index (Phi) is 7.63. The maximum Gasteiger partial charge on any atom is 0.408 e. The maximum absolute atomic E-state index is 12.5. The number of aromatic nitrogens is 3. The lowest BCUT2D eigenvalue weighted by Gasteiger charge is -2.23. The minimum atomic E-state index is -0.578. The van der Waals surface area contributed by atoms with Gasteiger partial charge in [-0.2, -0.15) is 21.5 Å². The monoisotopic (exact) mass is 495 g/mol. The largest absolute Gasteiger partial charge is 0.444 e. The first-order valence-electron chi connectivity index (χ1n) is 11.1. The Morgan fingerprint density at radius 1 is 1.09 bits per heavy atom. The van der Waals surface area contributed by atoms with Crippen LogP contribution in [0.25, 0.3) is 11.1 Å². The van der Waals surface area contributed by atoms with Gasteiger partial charge in [-0.3, -0.25) is 0 Å². The molecule has 34 heavy (non-hydrogen) atoms. The summed E-state index contributed by atoms with van der Waals surface area (Å²) in [6.45, 7) is 5.54. The molecular weight excluding hydrogens is 466 g/mol. The molecule has 1 amide bonds. The van der Waals surface area contributed by atoms with Gasteiger partial charge in [-0.15, -0.1) is 10.2 Å². The van der Waals surface area contributed by atoms with Crippen molar-refractivity contribution in [2.45, 2.75) is 44.0 Å². The van der Waals surface area contributed by atoms with Gasteiger partial charge in [-0.05, 0) is 55.9 Å². The van der Waals surface area contributed by atoms with Crippen molar-refractivity contribution in [3.8, 4) is 11.1 Å². The normalized spacial score (nSPS) is 14.2. The number of carbonyl (C=O) groups excluding carboxylic acids is 1. The minimum absolute atomic E-state index is 0.354. The quantitative estimate of drug-likeness (QED) is 0.458. The van der Waals surface area contributed by atoms with E-state index >= 15 is 0 Å². The molecule has 1 N–H and O–H groups in total. The molecule has 0 saturated carbocycles. The fraction of sp³-hybridized carbons (Fsp3) is 0.360. The minimum Gasteiger partial charge on any atom is -0.444 e. The Morgan fingerprint density at radius 2 is 1.76 bits per heavy atom. The molecule has 2 heterocycles. The third-order valence-corrected chi connectivity index (χ3v) is 6.71. The van der Waals surface area contributed by atoms with E-state index in [9.17, 15) is 4.79 Å². The molecule has 0 aliphatic carbocycles. The van der Waals surface area contributed by atoms with Crippen LogP contribution in [0.3, 0.4) is 0 Å². The highest BCUT2D eigenvalue weighted by molar-refractivity contribution is 7.99. The standard InChI is InChI=1S/C25H29N5O2S2/c1-25(2,3)32-24(31)26-20(14-15-33-4)22-27-28-23-30(22)29-21(16-34-23)19-12-10-18(11-13-19)17-8-6-5-7-9-17/h5-13,20H,14-16H2,1-4H3,(H,26,31). The third-order valence-electron chi connectivity index (χ3n) is 5.13. The number of benzene rings is 2. The molecule has 1 aromatic heterocycles. The van der Waals surface area contributed by atoms with E-state index in [2.05, 4.69) is 51.9 Å². The first-order valence-corrected chi connectivity index (χ1v) is 13.5. The SMILES string of the molecule is CSCCC(NC(=O)OC(C)(C)C)c1nnc2n1N=C(c1ccc(-c3ccccc3)cc1)CS2. The zero-order valence-corrected chi connectivity index (χ0v) is 21.4. The number of ether oxygens (including phenoxy) is 1. The van der Waals surface area contributed by atoms with E-state index in [0.29, 0.717) is 18.0 Å². The van der Waals surface area contributed by atoms with Crippen LogP contribution in [0.15, 0.2) is 64.9 Å². The van der Waals surface area contributed by atoms with Crippen molar-refractivity contribution in [1.82, 2.24) is 20.2 Å². The summed E-state index contributed by atoms with van der Waals surface area (Å²) in [6, 6.07) is 18.4. The lowest BCUT2D eigenvalue weighted by molar-refractivity contribution is 0.0499. The molecule has 2 aromatic carbocycles. The van der Waals surface area contributed by atoms with Crippen molar-refractivity contribution in [3.63, 3.8) is 0 Å². The highest BCUT2D eigenvalue weighted by atomic mass is 32.2. The molecule has 0 saturated heterocycles. The van der Waals surface area contributed by atoms with Gasteiger partial charge in [0.1, 0.15) is 5.60 Å². The zero-order valence-electron chi connectivity index (χ0n) is 19.8. The van der Waals surface area contributed by atoms with Gasteiger partial charge in [0.2, 0.25) is 5.16 Å². The number of rotatable bonds is 7. The molecule has 4 rings (SSSR count). The van der Waals surface area contributed by atoms with Crippen molar-refractivity contribution in [2.75, 3.05) is 17.8 Å². The molecule has 7 nitrogen and oxygen atoms in total. The molecule has 1 aliphatic heterocycles. The van der Waals surface area contributed by atoms with Crippen LogP contribution in [-0.2, 0) is 4.74 Å². The Morgan fingerprint density at radius 3 is 2.44 bits per heavy atom. The number of hydrogen-bond acceptors (Lipinski definition) is 7. The second-order valence-electron chi connectivity index (χ2n) is 8.91. The Bertz CT molecular complexity index is 1150. The summed E-state index contributed by atoms with van der Waals surface area (Å²) in [7, 11) is 0. The maximum atomic E-state index is 12.5. The lowest BCUT2D eigenvalue weighted by Crippen LogP contribution is -2.36. The zero-order chi connectivity index (χ0) is 24.1. The topological polar surface area (TPSA) is 81.4 Å². The first kappa shape index (κ1) is 24.3. The van der Waals surface area contributed by atoms with E-state index in [0.717, 1.165) is 27.7 Å². The summed E-state index contributed by atoms with van der Waals surface area (Å²) in [5.41, 5.74) is 3.77. The number of amides is 1. The van der Waals surface area contributed by atoms with Crippen molar-refractivity contribution in [1.29, 1.82) is 0 Å². The third kappa shape index (κ3) is 6.01. The Balaban J connectivity index is 1.59. The number of thioether (sulfide) groups is 2. The number of nitrogens with one attached hydrogen (secondary N) is 1. The van der Waals surface area contributed by atoms with Gasteiger partial charge in [-0.25, -0.2) is 4.79 Å². The van der Waals surface area contributed by atoms with Gasteiger partial charge in [0.05, 0.1) is 11.8 Å². The molecular formula is C25H29N5O2S2. The molecule has 0 fully saturated rings. The van der Waals surface area contributed by atoms with Crippen molar-refractivity contribution in [2.24, 2.45) is 5.10 Å². The van der Waals surface area contributed by atoms with Crippen molar-refractivity contribution >= 4 is 35.3 Å². The molecule has 0 bridgehead atoms. The molecule has 1 unspecified atom stereocenters.